The van der Waals surface area contributed by atoms with Crippen LogP contribution in [0.2, 0.25) is 0 Å². The first-order chi connectivity index (χ1) is 22.8. The Morgan fingerprint density at radius 2 is 0.820 bits per heavy atom. The SMILES string of the molecule is CC1(C)OC(c2cccc3c2oc2c(C4=N[C@H](c5ccccc5)C(C)(C)O4)cccc23)=N[C@@H]1c1ccccc1.[Co+2].[O-][Cl+3]([O-])([O-])[O-].[O-][Cl+3]([O-])([O-])[O-]. The molecule has 0 bridgehead atoms. The summed E-state index contributed by atoms with van der Waals surface area (Å²) in [6.45, 7) is 8.33. The molecule has 4 aromatic carbocycles. The minimum Gasteiger partial charge on any atom is -0.469 e. The van der Waals surface area contributed by atoms with Crippen LogP contribution in [0.5, 0.6) is 0 Å². The Bertz CT molecular complexity index is 1840. The Morgan fingerprint density at radius 3 is 1.14 bits per heavy atom. The number of nitrogens with zero attached hydrogens (tertiary/aromatic N) is 2. The van der Waals surface area contributed by atoms with Gasteiger partial charge in [0.15, 0.2) is 0 Å². The summed E-state index contributed by atoms with van der Waals surface area (Å²) in [6.07, 6.45) is 0. The van der Waals surface area contributed by atoms with E-state index in [0.717, 1.165) is 44.2 Å². The van der Waals surface area contributed by atoms with Crippen molar-refractivity contribution in [2.75, 3.05) is 0 Å². The van der Waals surface area contributed by atoms with Gasteiger partial charge in [-0.05, 0) is 51.0 Å². The molecule has 13 nitrogen and oxygen atoms in total. The molecule has 5 aromatic rings. The zero-order valence-corrected chi connectivity index (χ0v) is 29.4. The van der Waals surface area contributed by atoms with Gasteiger partial charge < -0.3 is 13.9 Å². The Kier molecular flexibility index (Phi) is 11.7. The molecule has 265 valence electrons. The van der Waals surface area contributed by atoms with E-state index in [2.05, 4.69) is 64.1 Å². The van der Waals surface area contributed by atoms with Crippen molar-refractivity contribution in [1.82, 2.24) is 0 Å². The minimum absolute atomic E-state index is 0. The number of para-hydroxylation sites is 2. The predicted octanol–water partition coefficient (Wildman–Crippen LogP) is -1.34. The maximum Gasteiger partial charge on any atom is 2.00 e. The van der Waals surface area contributed by atoms with Crippen LogP contribution in [0.1, 0.15) is 62.0 Å². The first-order valence-electron chi connectivity index (χ1n) is 14.6. The van der Waals surface area contributed by atoms with Gasteiger partial charge in [-0.15, -0.1) is 20.5 Å². The molecule has 0 unspecified atom stereocenters. The standard InChI is InChI=1S/C34H30N2O3.2ClHO4.Co/c1-33(2)29(21-13-7-5-8-14-21)35-31(38-33)25-19-11-17-23-24-18-12-20-26(28(24)37-27(23)25)32-36-30(34(3,4)39-32)22-15-9-6-10-16-22;2*2-1(3,4)5;/h5-20,29-30H,1-4H3;2*(H,2,3,4,5);/q;;;+2/p-2/t29-,30-;;;/m1.../s1. The summed E-state index contributed by atoms with van der Waals surface area (Å²) in [5.74, 6) is 1.19. The molecule has 50 heavy (non-hydrogen) atoms. The van der Waals surface area contributed by atoms with Gasteiger partial charge in [0.2, 0.25) is 11.8 Å². The van der Waals surface area contributed by atoms with E-state index in [9.17, 15) is 0 Å². The maximum absolute atomic E-state index is 8.49. The fourth-order valence-electron chi connectivity index (χ4n) is 5.84. The fraction of sp³-hybridized carbons (Fsp3) is 0.235. The molecule has 2 aliphatic rings. The van der Waals surface area contributed by atoms with Crippen LogP contribution < -0.4 is 37.3 Å². The molecular weight excluding hydrogens is 742 g/mol. The van der Waals surface area contributed by atoms with Gasteiger partial charge in [0.1, 0.15) is 34.5 Å². The molecule has 0 amide bonds. The summed E-state index contributed by atoms with van der Waals surface area (Å²) in [5, 5.41) is 2.02. The summed E-state index contributed by atoms with van der Waals surface area (Å²) < 4.78 is 87.5. The van der Waals surface area contributed by atoms with E-state index < -0.39 is 31.7 Å². The Labute approximate surface area is 301 Å². The van der Waals surface area contributed by atoms with Crippen molar-refractivity contribution in [3.05, 3.63) is 119 Å². The molecule has 0 aliphatic carbocycles. The van der Waals surface area contributed by atoms with Crippen molar-refractivity contribution >= 4 is 33.7 Å². The zero-order valence-electron chi connectivity index (χ0n) is 26.9. The molecular formula is C34H30Cl2CoN2O11. The van der Waals surface area contributed by atoms with Crippen molar-refractivity contribution in [1.29, 1.82) is 0 Å². The molecule has 0 spiro atoms. The van der Waals surface area contributed by atoms with E-state index in [1.165, 1.54) is 0 Å². The first-order valence-corrected chi connectivity index (χ1v) is 17.1. The summed E-state index contributed by atoms with van der Waals surface area (Å²) in [5.41, 5.74) is 4.48. The largest absolute Gasteiger partial charge is 2.00 e. The number of rotatable bonds is 4. The van der Waals surface area contributed by atoms with Gasteiger partial charge in [0, 0.05) is 10.8 Å². The maximum atomic E-state index is 8.49. The molecule has 7 rings (SSSR count). The molecule has 1 radical (unpaired) electrons. The molecule has 0 fully saturated rings. The number of fused-ring (bicyclic) bond motifs is 3. The van der Waals surface area contributed by atoms with Crippen LogP contribution in [0.25, 0.3) is 21.9 Å². The number of aliphatic imine (C=N–C) groups is 2. The number of ether oxygens (including phenoxy) is 2. The van der Waals surface area contributed by atoms with E-state index in [1.807, 2.05) is 60.7 Å². The van der Waals surface area contributed by atoms with E-state index in [-0.39, 0.29) is 28.9 Å². The third-order valence-electron chi connectivity index (χ3n) is 7.74. The van der Waals surface area contributed by atoms with Crippen LogP contribution in [0.15, 0.2) is 111 Å². The van der Waals surface area contributed by atoms with E-state index in [0.29, 0.717) is 11.8 Å². The van der Waals surface area contributed by atoms with Crippen LogP contribution in [0.4, 0.5) is 0 Å². The molecule has 0 saturated heterocycles. The normalized spacial score (nSPS) is 19.1. The first kappa shape index (κ1) is 39.2. The molecule has 2 atom stereocenters. The van der Waals surface area contributed by atoms with Crippen molar-refractivity contribution in [3.8, 4) is 0 Å². The topological polar surface area (TPSA) is 241 Å². The van der Waals surface area contributed by atoms with E-state index in [4.69, 9.17) is 61.1 Å². The second kappa shape index (κ2) is 14.9. The summed E-state index contributed by atoms with van der Waals surface area (Å²) in [4.78, 5) is 10.1. The molecule has 3 heterocycles. The molecule has 1 aromatic heterocycles. The second-order valence-electron chi connectivity index (χ2n) is 12.1. The van der Waals surface area contributed by atoms with Gasteiger partial charge in [-0.25, -0.2) is 47.3 Å². The van der Waals surface area contributed by atoms with E-state index in [1.54, 1.807) is 0 Å². The van der Waals surface area contributed by atoms with Crippen LogP contribution >= 0.6 is 0 Å². The minimum atomic E-state index is -4.94. The summed E-state index contributed by atoms with van der Waals surface area (Å²) in [6, 6.07) is 32.6. The summed E-state index contributed by atoms with van der Waals surface area (Å²) >= 11 is 0. The van der Waals surface area contributed by atoms with Crippen LogP contribution in [-0.2, 0) is 26.3 Å². The fourth-order valence-corrected chi connectivity index (χ4v) is 5.84. The van der Waals surface area contributed by atoms with Crippen LogP contribution in [0.3, 0.4) is 0 Å². The number of hydrogen-bond donors (Lipinski definition) is 0. The van der Waals surface area contributed by atoms with Gasteiger partial charge >= 0.3 is 16.8 Å². The van der Waals surface area contributed by atoms with Crippen LogP contribution in [0, 0.1) is 20.5 Å². The Hall–Kier alpha value is -3.61. The average Bonchev–Trinajstić information content (AvgIpc) is 3.65. The number of hydrogen-bond acceptors (Lipinski definition) is 13. The Morgan fingerprint density at radius 1 is 0.500 bits per heavy atom. The van der Waals surface area contributed by atoms with Crippen molar-refractivity contribution < 1.29 is 88.4 Å². The molecule has 16 heteroatoms. The smallest absolute Gasteiger partial charge is 0.469 e. The quantitative estimate of drug-likeness (QED) is 0.207. The van der Waals surface area contributed by atoms with E-state index >= 15 is 0 Å². The molecule has 0 saturated carbocycles. The number of furan rings is 1. The predicted molar refractivity (Wildman–Crippen MR) is 155 cm³/mol. The number of benzene rings is 4. The summed E-state index contributed by atoms with van der Waals surface area (Å²) in [7, 11) is -9.89. The third-order valence-corrected chi connectivity index (χ3v) is 7.74. The second-order valence-corrected chi connectivity index (χ2v) is 13.6. The van der Waals surface area contributed by atoms with Gasteiger partial charge in [-0.3, -0.25) is 0 Å². The number of halogens is 2. The van der Waals surface area contributed by atoms with Gasteiger partial charge in [0.25, 0.3) is 0 Å². The molecule has 0 N–H and O–H groups in total. The van der Waals surface area contributed by atoms with Gasteiger partial charge in [0.05, 0.1) is 11.1 Å². The third kappa shape index (κ3) is 9.38. The van der Waals surface area contributed by atoms with Gasteiger partial charge in [-0.1, -0.05) is 84.9 Å². The van der Waals surface area contributed by atoms with Crippen molar-refractivity contribution in [2.45, 2.75) is 51.0 Å². The van der Waals surface area contributed by atoms with Crippen LogP contribution in [-0.4, -0.2) is 23.0 Å². The van der Waals surface area contributed by atoms with Crippen molar-refractivity contribution in [2.24, 2.45) is 9.98 Å². The average molecular weight is 772 g/mol. The Balaban J connectivity index is 0.000000452. The van der Waals surface area contributed by atoms with Gasteiger partial charge in [-0.2, -0.15) is 0 Å². The molecule has 2 aliphatic heterocycles. The zero-order chi connectivity index (χ0) is 35.8. The van der Waals surface area contributed by atoms with Crippen molar-refractivity contribution in [3.63, 3.8) is 0 Å². The monoisotopic (exact) mass is 771 g/mol.